The molecular formula is C6H6Br2OS. The number of aliphatic hydroxyl groups excluding tert-OH is 1. The van der Waals surface area contributed by atoms with Gasteiger partial charge in [0, 0.05) is 20.1 Å². The summed E-state index contributed by atoms with van der Waals surface area (Å²) in [6.07, 6.45) is -0.365. The van der Waals surface area contributed by atoms with E-state index in [1.807, 2.05) is 11.4 Å². The number of thiophene rings is 1. The van der Waals surface area contributed by atoms with E-state index in [4.69, 9.17) is 0 Å². The molecule has 0 aliphatic rings. The second kappa shape index (κ2) is 3.85. The van der Waals surface area contributed by atoms with Crippen LogP contribution in [0.15, 0.2) is 15.9 Å². The highest BCUT2D eigenvalue weighted by molar-refractivity contribution is 9.10. The maximum Gasteiger partial charge on any atom is 0.0978 e. The van der Waals surface area contributed by atoms with Gasteiger partial charge in [-0.2, -0.15) is 0 Å². The van der Waals surface area contributed by atoms with Gasteiger partial charge in [-0.25, -0.2) is 0 Å². The van der Waals surface area contributed by atoms with E-state index in [1.165, 1.54) is 0 Å². The van der Waals surface area contributed by atoms with Crippen LogP contribution in [-0.2, 0) is 0 Å². The van der Waals surface area contributed by atoms with Gasteiger partial charge in [0.05, 0.1) is 6.10 Å². The lowest BCUT2D eigenvalue weighted by molar-refractivity contribution is 0.209. The molecule has 0 aliphatic heterocycles. The molecule has 1 aromatic heterocycles. The molecule has 0 aliphatic carbocycles. The first-order valence-electron chi connectivity index (χ1n) is 2.72. The minimum atomic E-state index is -0.365. The molecular weight excluding hydrogens is 280 g/mol. The van der Waals surface area contributed by atoms with Gasteiger partial charge in [-0.3, -0.25) is 0 Å². The van der Waals surface area contributed by atoms with Crippen molar-refractivity contribution in [3.8, 4) is 0 Å². The van der Waals surface area contributed by atoms with Gasteiger partial charge in [0.1, 0.15) is 0 Å². The molecule has 56 valence electrons. The molecule has 0 fully saturated rings. The minimum Gasteiger partial charge on any atom is -0.387 e. The summed E-state index contributed by atoms with van der Waals surface area (Å²) in [5.74, 6) is 0. The molecule has 1 N–H and O–H groups in total. The molecule has 10 heavy (non-hydrogen) atoms. The van der Waals surface area contributed by atoms with Crippen LogP contribution in [0.4, 0.5) is 0 Å². The van der Waals surface area contributed by atoms with Crippen LogP contribution in [0, 0.1) is 0 Å². The first kappa shape index (κ1) is 8.71. The summed E-state index contributed by atoms with van der Waals surface area (Å²) < 4.78 is 1.03. The van der Waals surface area contributed by atoms with Crippen molar-refractivity contribution in [1.29, 1.82) is 0 Å². The highest BCUT2D eigenvalue weighted by atomic mass is 79.9. The first-order chi connectivity index (χ1) is 4.74. The minimum absolute atomic E-state index is 0.365. The Kier molecular flexibility index (Phi) is 3.36. The lowest BCUT2D eigenvalue weighted by Crippen LogP contribution is -1.93. The Morgan fingerprint density at radius 3 is 2.80 bits per heavy atom. The van der Waals surface area contributed by atoms with E-state index in [0.29, 0.717) is 5.33 Å². The smallest absolute Gasteiger partial charge is 0.0978 e. The molecule has 0 aromatic carbocycles. The predicted octanol–water partition coefficient (Wildman–Crippen LogP) is 2.94. The number of halogens is 2. The van der Waals surface area contributed by atoms with E-state index < -0.39 is 0 Å². The van der Waals surface area contributed by atoms with Gasteiger partial charge in [-0.05, 0) is 22.0 Å². The van der Waals surface area contributed by atoms with E-state index in [0.717, 1.165) is 9.35 Å². The van der Waals surface area contributed by atoms with Gasteiger partial charge in [0.2, 0.25) is 0 Å². The molecule has 0 amide bonds. The topological polar surface area (TPSA) is 20.2 Å². The van der Waals surface area contributed by atoms with Crippen molar-refractivity contribution in [2.24, 2.45) is 0 Å². The van der Waals surface area contributed by atoms with Gasteiger partial charge in [-0.1, -0.05) is 15.9 Å². The fourth-order valence-corrected chi connectivity index (χ4v) is 2.57. The van der Waals surface area contributed by atoms with Crippen LogP contribution in [0.3, 0.4) is 0 Å². The summed E-state index contributed by atoms with van der Waals surface area (Å²) in [4.78, 5) is 0.990. The van der Waals surface area contributed by atoms with Gasteiger partial charge in [-0.15, -0.1) is 11.3 Å². The third-order valence-corrected chi connectivity index (χ3v) is 3.47. The molecule has 0 saturated carbocycles. The zero-order valence-corrected chi connectivity index (χ0v) is 9.04. The predicted molar refractivity (Wildman–Crippen MR) is 50.8 cm³/mol. The van der Waals surface area contributed by atoms with Crippen molar-refractivity contribution in [2.45, 2.75) is 6.10 Å². The quantitative estimate of drug-likeness (QED) is 0.829. The van der Waals surface area contributed by atoms with Crippen LogP contribution in [0.25, 0.3) is 0 Å². The number of hydrogen-bond acceptors (Lipinski definition) is 2. The number of alkyl halides is 1. The SMILES string of the molecule is OC(CBr)c1cc(Br)cs1. The summed E-state index contributed by atoms with van der Waals surface area (Å²) in [6.45, 7) is 0. The number of hydrogen-bond donors (Lipinski definition) is 1. The average molecular weight is 286 g/mol. The van der Waals surface area contributed by atoms with Crippen LogP contribution in [0.1, 0.15) is 11.0 Å². The first-order valence-corrected chi connectivity index (χ1v) is 5.51. The molecule has 0 radical (unpaired) electrons. The van der Waals surface area contributed by atoms with Crippen molar-refractivity contribution < 1.29 is 5.11 Å². The van der Waals surface area contributed by atoms with Crippen LogP contribution < -0.4 is 0 Å². The summed E-state index contributed by atoms with van der Waals surface area (Å²) in [5, 5.41) is 11.8. The molecule has 4 heteroatoms. The summed E-state index contributed by atoms with van der Waals surface area (Å²) in [6, 6.07) is 1.93. The zero-order valence-electron chi connectivity index (χ0n) is 5.05. The van der Waals surface area contributed by atoms with E-state index in [1.54, 1.807) is 11.3 Å². The largest absolute Gasteiger partial charge is 0.387 e. The second-order valence-electron chi connectivity index (χ2n) is 1.84. The van der Waals surface area contributed by atoms with Crippen molar-refractivity contribution >= 4 is 43.2 Å². The third kappa shape index (κ3) is 2.05. The van der Waals surface area contributed by atoms with Gasteiger partial charge in [0.25, 0.3) is 0 Å². The van der Waals surface area contributed by atoms with Gasteiger partial charge in [0.15, 0.2) is 0 Å². The number of aliphatic hydroxyl groups is 1. The fourth-order valence-electron chi connectivity index (χ4n) is 0.579. The molecule has 1 aromatic rings. The van der Waals surface area contributed by atoms with Crippen LogP contribution in [0.2, 0.25) is 0 Å². The van der Waals surface area contributed by atoms with Gasteiger partial charge >= 0.3 is 0 Å². The Labute approximate surface area is 80.3 Å². The highest BCUT2D eigenvalue weighted by Gasteiger charge is 2.06. The molecule has 0 spiro atoms. The summed E-state index contributed by atoms with van der Waals surface area (Å²) in [7, 11) is 0. The van der Waals surface area contributed by atoms with Crippen LogP contribution in [-0.4, -0.2) is 10.4 Å². The maximum atomic E-state index is 9.29. The molecule has 1 heterocycles. The van der Waals surface area contributed by atoms with Gasteiger partial charge < -0.3 is 5.11 Å². The monoisotopic (exact) mass is 284 g/mol. The van der Waals surface area contributed by atoms with Crippen LogP contribution >= 0.6 is 43.2 Å². The molecule has 0 bridgehead atoms. The maximum absolute atomic E-state index is 9.29. The summed E-state index contributed by atoms with van der Waals surface area (Å²) in [5.41, 5.74) is 0. The van der Waals surface area contributed by atoms with Crippen molar-refractivity contribution in [2.75, 3.05) is 5.33 Å². The standard InChI is InChI=1S/C6H6Br2OS/c7-2-5(9)6-1-4(8)3-10-6/h1,3,5,9H,2H2. The lowest BCUT2D eigenvalue weighted by atomic mass is 10.3. The lowest BCUT2D eigenvalue weighted by Gasteiger charge is -2.00. The van der Waals surface area contributed by atoms with Crippen molar-refractivity contribution in [1.82, 2.24) is 0 Å². The Morgan fingerprint density at radius 2 is 2.40 bits per heavy atom. The van der Waals surface area contributed by atoms with E-state index in [2.05, 4.69) is 31.9 Å². The Morgan fingerprint density at radius 1 is 1.70 bits per heavy atom. The molecule has 1 rings (SSSR count). The Hall–Kier alpha value is 0.620. The van der Waals surface area contributed by atoms with Crippen molar-refractivity contribution in [3.63, 3.8) is 0 Å². The molecule has 1 atom stereocenters. The molecule has 0 saturated heterocycles. The average Bonchev–Trinajstić information content (AvgIpc) is 2.34. The molecule has 1 nitrogen and oxygen atoms in total. The second-order valence-corrected chi connectivity index (χ2v) is 4.34. The Balaban J connectivity index is 2.74. The highest BCUT2D eigenvalue weighted by Crippen LogP contribution is 2.26. The van der Waals surface area contributed by atoms with E-state index in [9.17, 15) is 5.11 Å². The van der Waals surface area contributed by atoms with Crippen LogP contribution in [0.5, 0.6) is 0 Å². The number of rotatable bonds is 2. The fraction of sp³-hybridized carbons (Fsp3) is 0.333. The van der Waals surface area contributed by atoms with Crippen molar-refractivity contribution in [3.05, 3.63) is 20.8 Å². The normalized spacial score (nSPS) is 13.5. The Bertz CT molecular complexity index is 211. The zero-order chi connectivity index (χ0) is 7.56. The third-order valence-electron chi connectivity index (χ3n) is 1.06. The molecule has 1 unspecified atom stereocenters. The summed E-state index contributed by atoms with van der Waals surface area (Å²) >= 11 is 8.07. The van der Waals surface area contributed by atoms with E-state index >= 15 is 0 Å². The van der Waals surface area contributed by atoms with E-state index in [-0.39, 0.29) is 6.10 Å².